The molecular weight excluding hydrogens is 335 g/mol. The van der Waals surface area contributed by atoms with Crippen LogP contribution >= 0.6 is 23.2 Å². The SMILES string of the molecule is Cc1cc(C)c2c(c1)C(NC(=O)c1cc(Cl)c(Cl)n1C)CCO2. The highest BCUT2D eigenvalue weighted by atomic mass is 35.5. The van der Waals surface area contributed by atoms with Gasteiger partial charge in [0.2, 0.25) is 0 Å². The maximum atomic E-state index is 12.6. The Bertz CT molecular complexity index is 783. The second-order valence-corrected chi connectivity index (χ2v) is 6.66. The fraction of sp³-hybridized carbons (Fsp3) is 0.353. The van der Waals surface area contributed by atoms with E-state index in [-0.39, 0.29) is 11.9 Å². The van der Waals surface area contributed by atoms with E-state index in [1.54, 1.807) is 17.7 Å². The van der Waals surface area contributed by atoms with Crippen LogP contribution in [0.2, 0.25) is 10.2 Å². The summed E-state index contributed by atoms with van der Waals surface area (Å²) in [6, 6.07) is 5.65. The molecule has 2 heterocycles. The fourth-order valence-corrected chi connectivity index (χ4v) is 3.40. The minimum atomic E-state index is -0.196. The number of aromatic nitrogens is 1. The number of hydrogen-bond donors (Lipinski definition) is 1. The van der Waals surface area contributed by atoms with E-state index in [9.17, 15) is 4.79 Å². The van der Waals surface area contributed by atoms with Gasteiger partial charge in [-0.3, -0.25) is 4.79 Å². The van der Waals surface area contributed by atoms with Crippen molar-refractivity contribution in [3.05, 3.63) is 50.8 Å². The van der Waals surface area contributed by atoms with Gasteiger partial charge >= 0.3 is 0 Å². The molecule has 0 saturated heterocycles. The standard InChI is InChI=1S/C17H18Cl2N2O2/c1-9-6-10(2)15-11(7-9)13(4-5-23-15)20-17(22)14-8-12(18)16(19)21(14)3/h6-8,13H,4-5H2,1-3H3,(H,20,22). The van der Waals surface area contributed by atoms with Crippen LogP contribution in [0.1, 0.15) is 39.6 Å². The number of nitrogens with one attached hydrogen (secondary N) is 1. The highest BCUT2D eigenvalue weighted by Crippen LogP contribution is 2.36. The zero-order valence-electron chi connectivity index (χ0n) is 13.2. The van der Waals surface area contributed by atoms with E-state index in [0.29, 0.717) is 22.5 Å². The first-order valence-corrected chi connectivity index (χ1v) is 8.19. The van der Waals surface area contributed by atoms with Crippen molar-refractivity contribution >= 4 is 29.1 Å². The lowest BCUT2D eigenvalue weighted by molar-refractivity contribution is 0.0916. The van der Waals surface area contributed by atoms with E-state index < -0.39 is 0 Å². The molecule has 0 spiro atoms. The molecule has 0 bridgehead atoms. The molecule has 3 rings (SSSR count). The highest BCUT2D eigenvalue weighted by molar-refractivity contribution is 6.41. The summed E-state index contributed by atoms with van der Waals surface area (Å²) < 4.78 is 7.36. The third-order valence-corrected chi connectivity index (χ3v) is 4.97. The molecule has 1 aromatic heterocycles. The van der Waals surface area contributed by atoms with Gasteiger partial charge in [0.05, 0.1) is 17.7 Å². The average molecular weight is 353 g/mol. The van der Waals surface area contributed by atoms with Crippen molar-refractivity contribution in [3.8, 4) is 5.75 Å². The lowest BCUT2D eigenvalue weighted by Crippen LogP contribution is -2.33. The van der Waals surface area contributed by atoms with Crippen LogP contribution in [0.4, 0.5) is 0 Å². The minimum Gasteiger partial charge on any atom is -0.493 e. The topological polar surface area (TPSA) is 43.3 Å². The second-order valence-electron chi connectivity index (χ2n) is 5.89. The molecule has 1 aliphatic rings. The number of halogens is 2. The zero-order chi connectivity index (χ0) is 16.7. The van der Waals surface area contributed by atoms with E-state index in [1.807, 2.05) is 13.8 Å². The molecular formula is C17H18Cl2N2O2. The first kappa shape index (κ1) is 16.2. The molecule has 1 atom stereocenters. The summed E-state index contributed by atoms with van der Waals surface area (Å²) in [5.74, 6) is 0.674. The Morgan fingerprint density at radius 1 is 1.30 bits per heavy atom. The molecule has 1 amide bonds. The number of benzene rings is 1. The lowest BCUT2D eigenvalue weighted by Gasteiger charge is -2.28. The van der Waals surface area contributed by atoms with Crippen molar-refractivity contribution in [2.45, 2.75) is 26.3 Å². The molecule has 23 heavy (non-hydrogen) atoms. The average Bonchev–Trinajstić information content (AvgIpc) is 2.76. The first-order valence-electron chi connectivity index (χ1n) is 7.44. The molecule has 1 aromatic carbocycles. The normalized spacial score (nSPS) is 16.7. The van der Waals surface area contributed by atoms with Gasteiger partial charge in [0.1, 0.15) is 16.6 Å². The fourth-order valence-electron chi connectivity index (χ4n) is 3.02. The molecule has 2 aromatic rings. The van der Waals surface area contributed by atoms with E-state index in [1.165, 1.54) is 0 Å². The highest BCUT2D eigenvalue weighted by Gasteiger charge is 2.26. The predicted octanol–water partition coefficient (Wildman–Crippen LogP) is 4.20. The van der Waals surface area contributed by atoms with Gasteiger partial charge in [0.15, 0.2) is 0 Å². The number of carbonyl (C=O) groups is 1. The number of fused-ring (bicyclic) bond motifs is 1. The van der Waals surface area contributed by atoms with Crippen LogP contribution in [0.3, 0.4) is 0 Å². The maximum Gasteiger partial charge on any atom is 0.268 e. The Morgan fingerprint density at radius 2 is 2.04 bits per heavy atom. The van der Waals surface area contributed by atoms with Gasteiger partial charge in [-0.1, -0.05) is 40.9 Å². The first-order chi connectivity index (χ1) is 10.9. The predicted molar refractivity (Wildman–Crippen MR) is 91.7 cm³/mol. The summed E-state index contributed by atoms with van der Waals surface area (Å²) in [5.41, 5.74) is 3.70. The van der Waals surface area contributed by atoms with Crippen molar-refractivity contribution < 1.29 is 9.53 Å². The van der Waals surface area contributed by atoms with E-state index in [0.717, 1.165) is 28.9 Å². The number of amides is 1. The molecule has 0 fully saturated rings. The van der Waals surface area contributed by atoms with Gasteiger partial charge in [-0.15, -0.1) is 0 Å². The van der Waals surface area contributed by atoms with E-state index in [4.69, 9.17) is 27.9 Å². The molecule has 0 saturated carbocycles. The summed E-state index contributed by atoms with van der Waals surface area (Å²) in [6.07, 6.45) is 0.730. The molecule has 6 heteroatoms. The monoisotopic (exact) mass is 352 g/mol. The molecule has 1 aliphatic heterocycles. The van der Waals surface area contributed by atoms with Gasteiger partial charge in [-0.05, 0) is 25.5 Å². The largest absolute Gasteiger partial charge is 0.493 e. The van der Waals surface area contributed by atoms with Crippen LogP contribution in [-0.4, -0.2) is 17.1 Å². The Kier molecular flexibility index (Phi) is 4.30. The molecule has 0 aliphatic carbocycles. The Balaban J connectivity index is 1.90. The van der Waals surface area contributed by atoms with Crippen molar-refractivity contribution in [2.24, 2.45) is 7.05 Å². The minimum absolute atomic E-state index is 0.0858. The molecule has 122 valence electrons. The van der Waals surface area contributed by atoms with Gasteiger partial charge in [0, 0.05) is 19.0 Å². The summed E-state index contributed by atoms with van der Waals surface area (Å²) in [7, 11) is 1.72. The number of aryl methyl sites for hydroxylation is 2. The van der Waals surface area contributed by atoms with Crippen LogP contribution in [0.25, 0.3) is 0 Å². The molecule has 1 N–H and O–H groups in total. The van der Waals surface area contributed by atoms with Crippen molar-refractivity contribution in [2.75, 3.05) is 6.61 Å². The molecule has 0 radical (unpaired) electrons. The van der Waals surface area contributed by atoms with Crippen molar-refractivity contribution in [3.63, 3.8) is 0 Å². The number of hydrogen-bond acceptors (Lipinski definition) is 2. The van der Waals surface area contributed by atoms with Crippen LogP contribution in [0.5, 0.6) is 5.75 Å². The Hall–Kier alpha value is -1.65. The summed E-state index contributed by atoms with van der Waals surface area (Å²) in [5, 5.41) is 3.80. The number of rotatable bonds is 2. The number of nitrogens with zero attached hydrogens (tertiary/aromatic N) is 1. The maximum absolute atomic E-state index is 12.6. The van der Waals surface area contributed by atoms with Crippen LogP contribution < -0.4 is 10.1 Å². The number of ether oxygens (including phenoxy) is 1. The van der Waals surface area contributed by atoms with E-state index in [2.05, 4.69) is 17.4 Å². The second kappa shape index (κ2) is 6.10. The lowest BCUT2D eigenvalue weighted by atomic mass is 9.95. The summed E-state index contributed by atoms with van der Waals surface area (Å²) >= 11 is 12.0. The third kappa shape index (κ3) is 2.93. The van der Waals surface area contributed by atoms with Crippen LogP contribution in [0, 0.1) is 13.8 Å². The smallest absolute Gasteiger partial charge is 0.268 e. The van der Waals surface area contributed by atoms with Gasteiger partial charge in [-0.2, -0.15) is 0 Å². The zero-order valence-corrected chi connectivity index (χ0v) is 14.8. The van der Waals surface area contributed by atoms with Gasteiger partial charge in [-0.25, -0.2) is 0 Å². The quantitative estimate of drug-likeness (QED) is 0.879. The van der Waals surface area contributed by atoms with Crippen LogP contribution in [0.15, 0.2) is 18.2 Å². The third-order valence-electron chi connectivity index (χ3n) is 4.13. The Morgan fingerprint density at radius 3 is 2.70 bits per heavy atom. The summed E-state index contributed by atoms with van der Waals surface area (Å²) in [6.45, 7) is 4.64. The summed E-state index contributed by atoms with van der Waals surface area (Å²) in [4.78, 5) is 12.6. The molecule has 4 nitrogen and oxygen atoms in total. The number of carbonyl (C=O) groups excluding carboxylic acids is 1. The van der Waals surface area contributed by atoms with Crippen molar-refractivity contribution in [1.82, 2.24) is 9.88 Å². The Labute approximate surface area is 145 Å². The van der Waals surface area contributed by atoms with E-state index >= 15 is 0 Å². The van der Waals surface area contributed by atoms with Crippen molar-refractivity contribution in [1.29, 1.82) is 0 Å². The molecule has 1 unspecified atom stereocenters. The van der Waals surface area contributed by atoms with Gasteiger partial charge < -0.3 is 14.6 Å². The van der Waals surface area contributed by atoms with Crippen LogP contribution in [-0.2, 0) is 7.05 Å². The van der Waals surface area contributed by atoms with Gasteiger partial charge in [0.25, 0.3) is 5.91 Å².